The summed E-state index contributed by atoms with van der Waals surface area (Å²) in [5.41, 5.74) is -0.600. The number of halogens is 1. The predicted octanol–water partition coefficient (Wildman–Crippen LogP) is 1.96. The van der Waals surface area contributed by atoms with E-state index in [1.165, 1.54) is 26.5 Å². The monoisotopic (exact) mass is 351 g/mol. The second kappa shape index (κ2) is 7.13. The number of hydrogen-bond acceptors (Lipinski definition) is 5. The average molecular weight is 351 g/mol. The third-order valence-electron chi connectivity index (χ3n) is 4.44. The molecule has 1 radical (unpaired) electrons. The van der Waals surface area contributed by atoms with Crippen LogP contribution in [-0.2, 0) is 20.8 Å². The maximum Gasteiger partial charge on any atom is 0.335 e. The molecule has 1 aromatic carbocycles. The number of fused-ring (bicyclic) bond motifs is 1. The number of nitrogens with zero attached hydrogens (tertiary/aromatic N) is 1. The summed E-state index contributed by atoms with van der Waals surface area (Å²) in [5.74, 6) is -0.778. The minimum atomic E-state index is -0.822. The quantitative estimate of drug-likeness (QED) is 0.433. The number of carbonyl (C=O) groups excluding carboxylic acids is 1. The van der Waals surface area contributed by atoms with E-state index in [1.807, 2.05) is 20.8 Å². The largest absolute Gasteiger partial charge is 0.456 e. The number of esters is 1. The summed E-state index contributed by atoms with van der Waals surface area (Å²) in [7, 11) is 1.38. The molecule has 0 aliphatic rings. The first-order valence-corrected chi connectivity index (χ1v) is 8.04. The van der Waals surface area contributed by atoms with Crippen molar-refractivity contribution in [2.45, 2.75) is 58.8 Å². The van der Waals surface area contributed by atoms with Gasteiger partial charge in [0, 0.05) is 26.3 Å². The standard InChI is InChI=1S/C17H22BFNO5/c1-6-17(5,22)16(3,4)25-18-12-7-11(19)8-13-15(12)24-14(20-13)9-23-10(2)21/h7-8,22H,6,9H2,1-5H3/p+1. The highest BCUT2D eigenvalue weighted by molar-refractivity contribution is 6.50. The fourth-order valence-corrected chi connectivity index (χ4v) is 2.15. The van der Waals surface area contributed by atoms with Crippen LogP contribution in [0.1, 0.15) is 46.9 Å². The van der Waals surface area contributed by atoms with Crippen molar-refractivity contribution in [2.75, 3.05) is 0 Å². The third-order valence-corrected chi connectivity index (χ3v) is 4.44. The molecule has 25 heavy (non-hydrogen) atoms. The van der Waals surface area contributed by atoms with Crippen LogP contribution in [-0.4, -0.2) is 34.7 Å². The fraction of sp³-hybridized carbons (Fsp3) is 0.529. The summed E-state index contributed by atoms with van der Waals surface area (Å²) in [6.45, 7) is 8.47. The van der Waals surface area contributed by atoms with E-state index in [1.54, 1.807) is 6.92 Å². The molecule has 135 valence electrons. The van der Waals surface area contributed by atoms with Crippen LogP contribution in [0.25, 0.3) is 11.1 Å². The van der Waals surface area contributed by atoms with Crippen molar-refractivity contribution < 1.29 is 28.1 Å². The van der Waals surface area contributed by atoms with Gasteiger partial charge in [0.2, 0.25) is 5.89 Å². The van der Waals surface area contributed by atoms with E-state index in [2.05, 4.69) is 4.98 Å². The Labute approximate surface area is 146 Å². The molecule has 2 aromatic rings. The molecule has 2 rings (SSSR count). The minimum absolute atomic E-state index is 0.127. The Kier molecular flexibility index (Phi) is 5.54. The smallest absolute Gasteiger partial charge is 0.335 e. The molecule has 0 aliphatic heterocycles. The van der Waals surface area contributed by atoms with Gasteiger partial charge >= 0.3 is 13.5 Å². The fourth-order valence-electron chi connectivity index (χ4n) is 2.15. The van der Waals surface area contributed by atoms with E-state index in [4.69, 9.17) is 18.9 Å². The van der Waals surface area contributed by atoms with Crippen LogP contribution in [0.15, 0.2) is 16.5 Å². The first-order valence-electron chi connectivity index (χ1n) is 8.04. The molecule has 0 spiro atoms. The van der Waals surface area contributed by atoms with E-state index < -0.39 is 23.0 Å². The molecule has 1 heterocycles. The number of ether oxygens (including phenoxy) is 1. The number of hydrogen-bond donors (Lipinski definition) is 0. The Morgan fingerprint density at radius 2 is 2.08 bits per heavy atom. The maximum absolute atomic E-state index is 13.9. The molecule has 0 fully saturated rings. The van der Waals surface area contributed by atoms with Crippen LogP contribution in [0.4, 0.5) is 4.39 Å². The predicted molar refractivity (Wildman–Crippen MR) is 92.3 cm³/mol. The number of benzene rings is 1. The van der Waals surface area contributed by atoms with Crippen LogP contribution >= 0.6 is 0 Å². The van der Waals surface area contributed by atoms with Crippen LogP contribution < -0.4 is 5.46 Å². The zero-order valence-electron chi connectivity index (χ0n) is 15.1. The van der Waals surface area contributed by atoms with Gasteiger partial charge in [0.1, 0.15) is 16.9 Å². The molecule has 0 saturated carbocycles. The summed E-state index contributed by atoms with van der Waals surface area (Å²) in [5, 5.41) is 8.34. The molecule has 0 saturated heterocycles. The summed E-state index contributed by atoms with van der Waals surface area (Å²) < 4.78 is 30.1. The molecule has 1 atom stereocenters. The lowest BCUT2D eigenvalue weighted by atomic mass is 9.80. The maximum atomic E-state index is 13.9. The lowest BCUT2D eigenvalue weighted by molar-refractivity contribution is -0.142. The van der Waals surface area contributed by atoms with Gasteiger partial charge in [-0.2, -0.15) is 0 Å². The summed E-state index contributed by atoms with van der Waals surface area (Å²) >= 11 is 0. The average Bonchev–Trinajstić information content (AvgIpc) is 2.93. The van der Waals surface area contributed by atoms with Gasteiger partial charge in [-0.3, -0.25) is 4.79 Å². The molecule has 0 amide bonds. The van der Waals surface area contributed by atoms with E-state index in [-0.39, 0.29) is 12.5 Å². The number of carbonyl (C=O) groups is 1. The molecule has 1 unspecified atom stereocenters. The molecule has 0 bridgehead atoms. The normalized spacial score (nSPS) is 14.4. The molecule has 8 heteroatoms. The van der Waals surface area contributed by atoms with Crippen molar-refractivity contribution in [3.63, 3.8) is 0 Å². The van der Waals surface area contributed by atoms with Crippen molar-refractivity contribution in [1.82, 2.24) is 4.98 Å². The van der Waals surface area contributed by atoms with Gasteiger partial charge in [0.25, 0.3) is 0 Å². The minimum Gasteiger partial charge on any atom is -0.456 e. The highest BCUT2D eigenvalue weighted by atomic mass is 19.1. The third kappa shape index (κ3) is 4.38. The molecular weight excluding hydrogens is 328 g/mol. The van der Waals surface area contributed by atoms with E-state index in [0.717, 1.165) is 0 Å². The van der Waals surface area contributed by atoms with Gasteiger partial charge in [-0.15, -0.1) is 0 Å². The first-order chi connectivity index (χ1) is 11.6. The second-order valence-corrected chi connectivity index (χ2v) is 6.66. The van der Waals surface area contributed by atoms with Crippen molar-refractivity contribution in [3.05, 3.63) is 23.8 Å². The van der Waals surface area contributed by atoms with Gasteiger partial charge in [0.05, 0.1) is 0 Å². The van der Waals surface area contributed by atoms with Gasteiger partial charge in [0.15, 0.2) is 17.8 Å². The van der Waals surface area contributed by atoms with Gasteiger partial charge in [-0.25, -0.2) is 9.37 Å². The van der Waals surface area contributed by atoms with E-state index in [9.17, 15) is 9.18 Å². The summed E-state index contributed by atoms with van der Waals surface area (Å²) in [4.78, 5) is 15.0. The Balaban J connectivity index is 2.26. The zero-order chi connectivity index (χ0) is 18.8. The zero-order valence-corrected chi connectivity index (χ0v) is 15.1. The van der Waals surface area contributed by atoms with Crippen LogP contribution in [0, 0.1) is 5.82 Å². The van der Waals surface area contributed by atoms with Crippen molar-refractivity contribution in [3.8, 4) is 0 Å². The second-order valence-electron chi connectivity index (χ2n) is 6.66. The lowest BCUT2D eigenvalue weighted by Crippen LogP contribution is -2.51. The highest BCUT2D eigenvalue weighted by Crippen LogP contribution is 2.28. The number of rotatable bonds is 7. The lowest BCUT2D eigenvalue weighted by Gasteiger charge is -2.35. The van der Waals surface area contributed by atoms with E-state index >= 15 is 0 Å². The Morgan fingerprint density at radius 3 is 2.68 bits per heavy atom. The SMILES string of the molecule is CCC(C)([OH2+])C(C)(C)O[B]c1cc(F)cc2nc(COC(C)=O)oc12. The first kappa shape index (κ1) is 19.4. The van der Waals surface area contributed by atoms with E-state index in [0.29, 0.717) is 23.0 Å². The molecule has 0 aliphatic carbocycles. The summed E-state index contributed by atoms with van der Waals surface area (Å²) in [6, 6.07) is 2.51. The van der Waals surface area contributed by atoms with Crippen molar-refractivity contribution >= 4 is 30.0 Å². The van der Waals surface area contributed by atoms with Crippen LogP contribution in [0.5, 0.6) is 0 Å². The summed E-state index contributed by atoms with van der Waals surface area (Å²) in [6.07, 6.45) is 0.598. The number of oxazole rings is 1. The van der Waals surface area contributed by atoms with Crippen molar-refractivity contribution in [2.24, 2.45) is 0 Å². The Hall–Kier alpha value is -1.93. The molecule has 1 aromatic heterocycles. The highest BCUT2D eigenvalue weighted by Gasteiger charge is 2.43. The molecule has 6 nitrogen and oxygen atoms in total. The van der Waals surface area contributed by atoms with Gasteiger partial charge in [-0.05, 0) is 25.4 Å². The Morgan fingerprint density at radius 1 is 1.40 bits per heavy atom. The molecular formula is C17H23BFNO5+. The van der Waals surface area contributed by atoms with Gasteiger partial charge in [-0.1, -0.05) is 6.92 Å². The van der Waals surface area contributed by atoms with Crippen LogP contribution in [0.2, 0.25) is 0 Å². The Bertz CT molecular complexity index is 772. The van der Waals surface area contributed by atoms with Crippen LogP contribution in [0.3, 0.4) is 0 Å². The topological polar surface area (TPSA) is 84.5 Å². The number of aromatic nitrogens is 1. The van der Waals surface area contributed by atoms with Gasteiger partial charge < -0.3 is 18.9 Å². The molecule has 2 N–H and O–H groups in total. The van der Waals surface area contributed by atoms with Crippen molar-refractivity contribution in [1.29, 1.82) is 0 Å².